The Morgan fingerprint density at radius 3 is 2.59 bits per heavy atom. The van der Waals surface area contributed by atoms with Gasteiger partial charge in [-0.15, -0.1) is 0 Å². The van der Waals surface area contributed by atoms with Crippen LogP contribution in [-0.4, -0.2) is 43.6 Å². The number of ether oxygens (including phenoxy) is 2. The van der Waals surface area contributed by atoms with Crippen LogP contribution in [0.5, 0.6) is 5.75 Å². The normalized spacial score (nSPS) is 18.5. The lowest BCUT2D eigenvalue weighted by Crippen LogP contribution is -2.39. The van der Waals surface area contributed by atoms with Gasteiger partial charge in [-0.05, 0) is 37.5 Å². The number of carbonyl (C=O) groups excluding carboxylic acids is 2. The molecule has 2 rings (SSSR count). The Labute approximate surface area is 131 Å². The highest BCUT2D eigenvalue weighted by Crippen LogP contribution is 2.28. The largest absolute Gasteiger partial charge is 0.497 e. The van der Waals surface area contributed by atoms with Gasteiger partial charge in [0.05, 0.1) is 13.7 Å². The molecule has 0 N–H and O–H groups in total. The topological polar surface area (TPSA) is 55.8 Å². The fourth-order valence-corrected chi connectivity index (χ4v) is 2.80. The zero-order chi connectivity index (χ0) is 15.9. The second-order valence-electron chi connectivity index (χ2n) is 5.44. The van der Waals surface area contributed by atoms with E-state index in [0.29, 0.717) is 13.1 Å². The molecular formula is C17H23NO4. The van der Waals surface area contributed by atoms with E-state index < -0.39 is 11.9 Å². The van der Waals surface area contributed by atoms with E-state index in [2.05, 4.69) is 0 Å². The summed E-state index contributed by atoms with van der Waals surface area (Å²) in [6.45, 7) is 3.10. The molecule has 1 saturated heterocycles. The van der Waals surface area contributed by atoms with Crippen LogP contribution in [0.4, 0.5) is 0 Å². The number of hydrogen-bond donors (Lipinski definition) is 0. The molecule has 1 unspecified atom stereocenters. The van der Waals surface area contributed by atoms with Crippen molar-refractivity contribution in [3.05, 3.63) is 29.8 Å². The van der Waals surface area contributed by atoms with E-state index in [1.807, 2.05) is 24.3 Å². The maximum Gasteiger partial charge on any atom is 0.397 e. The number of likely N-dealkylation sites (tertiary alicyclic amines) is 1. The van der Waals surface area contributed by atoms with Crippen molar-refractivity contribution in [1.29, 1.82) is 0 Å². The summed E-state index contributed by atoms with van der Waals surface area (Å²) in [4.78, 5) is 25.4. The third-order valence-electron chi connectivity index (χ3n) is 4.00. The molecule has 0 bridgehead atoms. The summed E-state index contributed by atoms with van der Waals surface area (Å²) in [5.74, 6) is -0.219. The van der Waals surface area contributed by atoms with Crippen molar-refractivity contribution in [3.63, 3.8) is 0 Å². The molecule has 120 valence electrons. The predicted molar refractivity (Wildman–Crippen MR) is 82.8 cm³/mol. The van der Waals surface area contributed by atoms with Gasteiger partial charge in [-0.2, -0.15) is 0 Å². The maximum absolute atomic E-state index is 12.1. The number of benzene rings is 1. The van der Waals surface area contributed by atoms with Gasteiger partial charge in [-0.25, -0.2) is 4.79 Å². The van der Waals surface area contributed by atoms with Crippen LogP contribution in [0.1, 0.15) is 37.7 Å². The summed E-state index contributed by atoms with van der Waals surface area (Å²) in [7, 11) is 1.64. The fourth-order valence-electron chi connectivity index (χ4n) is 2.80. The van der Waals surface area contributed by atoms with E-state index in [0.717, 1.165) is 25.0 Å². The Morgan fingerprint density at radius 2 is 1.95 bits per heavy atom. The molecular weight excluding hydrogens is 282 g/mol. The summed E-state index contributed by atoms with van der Waals surface area (Å²) >= 11 is 0. The van der Waals surface area contributed by atoms with Gasteiger partial charge in [-0.1, -0.05) is 18.6 Å². The smallest absolute Gasteiger partial charge is 0.397 e. The van der Waals surface area contributed by atoms with Crippen molar-refractivity contribution in [1.82, 2.24) is 4.90 Å². The molecule has 5 heteroatoms. The molecule has 1 aliphatic heterocycles. The number of carbonyl (C=O) groups is 2. The van der Waals surface area contributed by atoms with E-state index in [1.54, 1.807) is 18.9 Å². The van der Waals surface area contributed by atoms with Crippen LogP contribution >= 0.6 is 0 Å². The Morgan fingerprint density at radius 1 is 1.23 bits per heavy atom. The molecule has 22 heavy (non-hydrogen) atoms. The van der Waals surface area contributed by atoms with Crippen LogP contribution in [0.3, 0.4) is 0 Å². The van der Waals surface area contributed by atoms with Crippen molar-refractivity contribution in [2.24, 2.45) is 0 Å². The van der Waals surface area contributed by atoms with Crippen LogP contribution in [0.2, 0.25) is 0 Å². The molecule has 1 aromatic carbocycles. The standard InChI is InChI=1S/C17H23NO4/c1-3-22-17(20)16(19)18-11-5-4-6-14(12-18)13-7-9-15(21-2)10-8-13/h7-10,14H,3-6,11-12H2,1-2H3. The number of methoxy groups -OCH3 is 1. The monoisotopic (exact) mass is 305 g/mol. The molecule has 1 amide bonds. The number of nitrogens with zero attached hydrogens (tertiary/aromatic N) is 1. The van der Waals surface area contributed by atoms with Crippen molar-refractivity contribution in [3.8, 4) is 5.75 Å². The second kappa shape index (κ2) is 7.82. The highest BCUT2D eigenvalue weighted by Gasteiger charge is 2.28. The summed E-state index contributed by atoms with van der Waals surface area (Å²) in [5, 5.41) is 0. The van der Waals surface area contributed by atoms with Gasteiger partial charge in [0.1, 0.15) is 5.75 Å². The Bertz CT molecular complexity index is 512. The highest BCUT2D eigenvalue weighted by molar-refractivity contribution is 6.32. The van der Waals surface area contributed by atoms with Gasteiger partial charge in [0.25, 0.3) is 0 Å². The molecule has 1 aliphatic rings. The first kappa shape index (κ1) is 16.3. The first-order valence-corrected chi connectivity index (χ1v) is 7.75. The lowest BCUT2D eigenvalue weighted by Gasteiger charge is -2.24. The molecule has 0 radical (unpaired) electrons. The van der Waals surface area contributed by atoms with Crippen molar-refractivity contribution >= 4 is 11.9 Å². The SMILES string of the molecule is CCOC(=O)C(=O)N1CCCCC(c2ccc(OC)cc2)C1. The average molecular weight is 305 g/mol. The van der Waals surface area contributed by atoms with Crippen LogP contribution in [-0.2, 0) is 14.3 Å². The van der Waals surface area contributed by atoms with Gasteiger partial charge >= 0.3 is 11.9 Å². The van der Waals surface area contributed by atoms with Crippen LogP contribution in [0, 0.1) is 0 Å². The fraction of sp³-hybridized carbons (Fsp3) is 0.529. The molecule has 0 spiro atoms. The van der Waals surface area contributed by atoms with Crippen molar-refractivity contribution < 1.29 is 19.1 Å². The highest BCUT2D eigenvalue weighted by atomic mass is 16.5. The second-order valence-corrected chi connectivity index (χ2v) is 5.44. The minimum atomic E-state index is -0.752. The van der Waals surface area contributed by atoms with Crippen molar-refractivity contribution in [2.45, 2.75) is 32.1 Å². The van der Waals surface area contributed by atoms with Gasteiger partial charge in [0.15, 0.2) is 0 Å². The molecule has 1 aromatic rings. The van der Waals surface area contributed by atoms with Crippen LogP contribution < -0.4 is 4.74 Å². The predicted octanol–water partition coefficient (Wildman–Crippen LogP) is 2.35. The molecule has 1 atom stereocenters. The Kier molecular flexibility index (Phi) is 5.81. The third-order valence-corrected chi connectivity index (χ3v) is 4.00. The summed E-state index contributed by atoms with van der Waals surface area (Å²) in [6, 6.07) is 7.92. The van der Waals surface area contributed by atoms with E-state index in [-0.39, 0.29) is 12.5 Å². The first-order valence-electron chi connectivity index (χ1n) is 7.75. The number of hydrogen-bond acceptors (Lipinski definition) is 4. The van der Waals surface area contributed by atoms with Crippen LogP contribution in [0.15, 0.2) is 24.3 Å². The van der Waals surface area contributed by atoms with Crippen molar-refractivity contribution in [2.75, 3.05) is 26.8 Å². The summed E-state index contributed by atoms with van der Waals surface area (Å²) in [5.41, 5.74) is 1.17. The van der Waals surface area contributed by atoms with Gasteiger partial charge in [0, 0.05) is 19.0 Å². The minimum Gasteiger partial charge on any atom is -0.497 e. The molecule has 1 fully saturated rings. The Hall–Kier alpha value is -2.04. The summed E-state index contributed by atoms with van der Waals surface area (Å²) in [6.07, 6.45) is 2.97. The van der Waals surface area contributed by atoms with Gasteiger partial charge in [0.2, 0.25) is 0 Å². The van der Waals surface area contributed by atoms with E-state index in [4.69, 9.17) is 9.47 Å². The molecule has 5 nitrogen and oxygen atoms in total. The van der Waals surface area contributed by atoms with Crippen LogP contribution in [0.25, 0.3) is 0 Å². The van der Waals surface area contributed by atoms with Gasteiger partial charge < -0.3 is 14.4 Å². The zero-order valence-corrected chi connectivity index (χ0v) is 13.2. The minimum absolute atomic E-state index is 0.223. The number of rotatable bonds is 3. The van der Waals surface area contributed by atoms with E-state index in [1.165, 1.54) is 5.56 Å². The maximum atomic E-state index is 12.1. The quantitative estimate of drug-likeness (QED) is 0.635. The van der Waals surface area contributed by atoms with Gasteiger partial charge in [-0.3, -0.25) is 4.79 Å². The Balaban J connectivity index is 2.08. The molecule has 0 aromatic heterocycles. The molecule has 0 aliphatic carbocycles. The lowest BCUT2D eigenvalue weighted by atomic mass is 9.94. The zero-order valence-electron chi connectivity index (χ0n) is 13.2. The lowest BCUT2D eigenvalue weighted by molar-refractivity contribution is -0.159. The van der Waals surface area contributed by atoms with E-state index in [9.17, 15) is 9.59 Å². The molecule has 1 heterocycles. The number of esters is 1. The first-order chi connectivity index (χ1) is 10.7. The third kappa shape index (κ3) is 4.00. The number of amides is 1. The summed E-state index contributed by atoms with van der Waals surface area (Å²) < 4.78 is 10.00. The molecule has 0 saturated carbocycles. The average Bonchev–Trinajstić information content (AvgIpc) is 2.80. The van der Waals surface area contributed by atoms with E-state index >= 15 is 0 Å².